The molecule has 5 nitrogen and oxygen atoms in total. The maximum absolute atomic E-state index is 12.5. The van der Waals surface area contributed by atoms with E-state index in [1.807, 2.05) is 55.5 Å². The molecular weight excluding hydrogens is 406 g/mol. The van der Waals surface area contributed by atoms with Gasteiger partial charge in [0.25, 0.3) is 0 Å². The number of nitrogens with one attached hydrogen (secondary N) is 1. The molecule has 2 aromatic carbocycles. The third kappa shape index (κ3) is 4.96. The van der Waals surface area contributed by atoms with Gasteiger partial charge in [-0.15, -0.1) is 0 Å². The Morgan fingerprint density at radius 1 is 0.963 bits per heavy atom. The number of carbonyl (C=O) groups is 2. The number of ketones is 1. The van der Waals surface area contributed by atoms with Gasteiger partial charge in [0, 0.05) is 47.6 Å². The minimum atomic E-state index is -0.184. The molecule has 142 valence electrons. The van der Waals surface area contributed by atoms with Crippen molar-refractivity contribution >= 4 is 39.0 Å². The fourth-order valence-electron chi connectivity index (χ4n) is 3.22. The monoisotopic (exact) mass is 429 g/mol. The van der Waals surface area contributed by atoms with E-state index in [0.717, 1.165) is 47.6 Å². The molecule has 0 bridgehead atoms. The van der Waals surface area contributed by atoms with Gasteiger partial charge in [0.05, 0.1) is 6.04 Å². The fourth-order valence-corrected chi connectivity index (χ4v) is 3.48. The van der Waals surface area contributed by atoms with Gasteiger partial charge in [0.15, 0.2) is 5.78 Å². The second-order valence-electron chi connectivity index (χ2n) is 6.80. The van der Waals surface area contributed by atoms with Gasteiger partial charge in [-0.05, 0) is 62.4 Å². The smallest absolute Gasteiger partial charge is 0.241 e. The largest absolute Gasteiger partial charge is 0.369 e. The highest BCUT2D eigenvalue weighted by Crippen LogP contribution is 2.19. The molecule has 3 rings (SSSR count). The average molecular weight is 430 g/mol. The Labute approximate surface area is 168 Å². The molecule has 1 aliphatic rings. The lowest BCUT2D eigenvalue weighted by molar-refractivity contribution is -0.120. The van der Waals surface area contributed by atoms with E-state index in [2.05, 4.69) is 31.0 Å². The Kier molecular flexibility index (Phi) is 6.29. The summed E-state index contributed by atoms with van der Waals surface area (Å²) in [5, 5.41) is 2.98. The van der Waals surface area contributed by atoms with Gasteiger partial charge in [0.1, 0.15) is 0 Å². The summed E-state index contributed by atoms with van der Waals surface area (Å²) < 4.78 is 0.987. The molecule has 6 heteroatoms. The third-order valence-corrected chi connectivity index (χ3v) is 5.52. The van der Waals surface area contributed by atoms with E-state index < -0.39 is 0 Å². The number of benzene rings is 2. The van der Waals surface area contributed by atoms with E-state index >= 15 is 0 Å². The van der Waals surface area contributed by atoms with Crippen molar-refractivity contribution in [2.45, 2.75) is 19.9 Å². The van der Waals surface area contributed by atoms with Crippen LogP contribution < -0.4 is 10.2 Å². The summed E-state index contributed by atoms with van der Waals surface area (Å²) in [5.41, 5.74) is 2.65. The Balaban J connectivity index is 1.53. The minimum Gasteiger partial charge on any atom is -0.369 e. The highest BCUT2D eigenvalue weighted by molar-refractivity contribution is 9.10. The normalized spacial score (nSPS) is 16.0. The molecule has 0 aromatic heterocycles. The number of Topliss-reactive ketones (excluding diaryl/α,β-unsaturated/α-hetero) is 1. The van der Waals surface area contributed by atoms with Gasteiger partial charge in [-0.25, -0.2) is 0 Å². The quantitative estimate of drug-likeness (QED) is 0.734. The number of nitrogens with zero attached hydrogens (tertiary/aromatic N) is 2. The zero-order chi connectivity index (χ0) is 19.4. The molecule has 0 spiro atoms. The van der Waals surface area contributed by atoms with Crippen LogP contribution in [0.2, 0.25) is 0 Å². The first kappa shape index (κ1) is 19.6. The van der Waals surface area contributed by atoms with E-state index in [0.29, 0.717) is 0 Å². The summed E-state index contributed by atoms with van der Waals surface area (Å²) in [6.07, 6.45) is 0. The summed E-state index contributed by atoms with van der Waals surface area (Å²) in [6.45, 7) is 6.89. The number of halogens is 1. The highest BCUT2D eigenvalue weighted by atomic mass is 79.9. The first-order valence-electron chi connectivity index (χ1n) is 9.10. The molecule has 0 radical (unpaired) electrons. The lowest BCUT2D eigenvalue weighted by Crippen LogP contribution is -2.52. The first-order chi connectivity index (χ1) is 12.9. The van der Waals surface area contributed by atoms with Crippen LogP contribution in [0.5, 0.6) is 0 Å². The zero-order valence-electron chi connectivity index (χ0n) is 15.6. The fraction of sp³-hybridized carbons (Fsp3) is 0.333. The van der Waals surface area contributed by atoms with Crippen LogP contribution in [-0.4, -0.2) is 48.8 Å². The maximum Gasteiger partial charge on any atom is 0.241 e. The van der Waals surface area contributed by atoms with Crippen molar-refractivity contribution in [3.63, 3.8) is 0 Å². The van der Waals surface area contributed by atoms with Crippen LogP contribution in [0, 0.1) is 0 Å². The molecule has 27 heavy (non-hydrogen) atoms. The van der Waals surface area contributed by atoms with E-state index in [1.165, 1.54) is 0 Å². The van der Waals surface area contributed by atoms with Crippen LogP contribution in [0.1, 0.15) is 24.2 Å². The molecule has 1 amide bonds. The van der Waals surface area contributed by atoms with Gasteiger partial charge in [-0.2, -0.15) is 0 Å². The molecule has 1 heterocycles. The standard InChI is InChI=1S/C21H24BrN3O2/c1-15(21(27)23-19-7-5-18(22)6-8-19)24-11-13-25(14-12-24)20-9-3-17(4-10-20)16(2)26/h3-10,15H,11-14H2,1-2H3,(H,23,27)/t15-/m1/s1. The number of rotatable bonds is 5. The summed E-state index contributed by atoms with van der Waals surface area (Å²) >= 11 is 3.40. The predicted octanol–water partition coefficient (Wildman–Crippen LogP) is 3.80. The average Bonchev–Trinajstić information content (AvgIpc) is 2.69. The van der Waals surface area contributed by atoms with Gasteiger partial charge in [0.2, 0.25) is 5.91 Å². The maximum atomic E-state index is 12.5. The number of hydrogen-bond acceptors (Lipinski definition) is 4. The molecule has 0 unspecified atom stereocenters. The zero-order valence-corrected chi connectivity index (χ0v) is 17.2. The van der Waals surface area contributed by atoms with Crippen molar-refractivity contribution in [2.24, 2.45) is 0 Å². The van der Waals surface area contributed by atoms with E-state index in [-0.39, 0.29) is 17.7 Å². The Morgan fingerprint density at radius 2 is 1.56 bits per heavy atom. The summed E-state index contributed by atoms with van der Waals surface area (Å²) in [6, 6.07) is 15.2. The molecule has 1 saturated heterocycles. The van der Waals surface area contributed by atoms with Crippen LogP contribution in [-0.2, 0) is 4.79 Å². The van der Waals surface area contributed by atoms with E-state index in [4.69, 9.17) is 0 Å². The Bertz CT molecular complexity index is 797. The summed E-state index contributed by atoms with van der Waals surface area (Å²) in [5.74, 6) is 0.0913. The van der Waals surface area contributed by atoms with Crippen molar-refractivity contribution in [1.29, 1.82) is 0 Å². The van der Waals surface area contributed by atoms with Gasteiger partial charge < -0.3 is 10.2 Å². The number of anilines is 2. The molecule has 1 atom stereocenters. The van der Waals surface area contributed by atoms with Crippen molar-refractivity contribution < 1.29 is 9.59 Å². The molecule has 1 fully saturated rings. The molecule has 0 aliphatic carbocycles. The van der Waals surface area contributed by atoms with Gasteiger partial charge >= 0.3 is 0 Å². The molecule has 1 N–H and O–H groups in total. The van der Waals surface area contributed by atoms with Crippen molar-refractivity contribution in [3.8, 4) is 0 Å². The van der Waals surface area contributed by atoms with E-state index in [1.54, 1.807) is 6.92 Å². The SMILES string of the molecule is CC(=O)c1ccc(N2CCN([C@H](C)C(=O)Nc3ccc(Br)cc3)CC2)cc1. The first-order valence-corrected chi connectivity index (χ1v) is 9.90. The topological polar surface area (TPSA) is 52.7 Å². The van der Waals surface area contributed by atoms with Crippen molar-refractivity contribution in [3.05, 3.63) is 58.6 Å². The Morgan fingerprint density at radius 3 is 2.11 bits per heavy atom. The molecule has 1 aliphatic heterocycles. The van der Waals surface area contributed by atoms with Crippen LogP contribution in [0.3, 0.4) is 0 Å². The van der Waals surface area contributed by atoms with Crippen LogP contribution in [0.4, 0.5) is 11.4 Å². The molecule has 2 aromatic rings. The van der Waals surface area contributed by atoms with Crippen LogP contribution >= 0.6 is 15.9 Å². The predicted molar refractivity (Wildman–Crippen MR) is 112 cm³/mol. The number of piperazine rings is 1. The summed E-state index contributed by atoms with van der Waals surface area (Å²) in [4.78, 5) is 28.4. The highest BCUT2D eigenvalue weighted by Gasteiger charge is 2.25. The lowest BCUT2D eigenvalue weighted by Gasteiger charge is -2.38. The minimum absolute atomic E-state index is 0.0107. The Hall–Kier alpha value is -2.18. The third-order valence-electron chi connectivity index (χ3n) is 4.99. The van der Waals surface area contributed by atoms with Crippen molar-refractivity contribution in [1.82, 2.24) is 4.90 Å². The lowest BCUT2D eigenvalue weighted by atomic mass is 10.1. The summed E-state index contributed by atoms with van der Waals surface area (Å²) in [7, 11) is 0. The van der Waals surface area contributed by atoms with Crippen LogP contribution in [0.25, 0.3) is 0 Å². The second kappa shape index (κ2) is 8.67. The number of amides is 1. The second-order valence-corrected chi connectivity index (χ2v) is 7.71. The van der Waals surface area contributed by atoms with Crippen LogP contribution in [0.15, 0.2) is 53.0 Å². The molecule has 0 saturated carbocycles. The van der Waals surface area contributed by atoms with Crippen molar-refractivity contribution in [2.75, 3.05) is 36.4 Å². The van der Waals surface area contributed by atoms with Gasteiger partial charge in [-0.1, -0.05) is 15.9 Å². The number of carbonyl (C=O) groups excluding carboxylic acids is 2. The number of hydrogen-bond donors (Lipinski definition) is 1. The molecular formula is C21H24BrN3O2. The van der Waals surface area contributed by atoms with Gasteiger partial charge in [-0.3, -0.25) is 14.5 Å². The van der Waals surface area contributed by atoms with E-state index in [9.17, 15) is 9.59 Å².